The first-order valence-electron chi connectivity index (χ1n) is 9.13. The fourth-order valence-corrected chi connectivity index (χ4v) is 4.27. The monoisotopic (exact) mass is 372 g/mol. The third kappa shape index (κ3) is 3.79. The van der Waals surface area contributed by atoms with Gasteiger partial charge in [-0.25, -0.2) is 0 Å². The van der Waals surface area contributed by atoms with Crippen LogP contribution in [0.15, 0.2) is 60.7 Å². The third-order valence-corrected chi connectivity index (χ3v) is 5.61. The van der Waals surface area contributed by atoms with Crippen molar-refractivity contribution < 1.29 is 4.79 Å². The summed E-state index contributed by atoms with van der Waals surface area (Å²) < 4.78 is 0. The van der Waals surface area contributed by atoms with Crippen LogP contribution >= 0.6 is 12.4 Å². The minimum atomic E-state index is -0.825. The highest BCUT2D eigenvalue weighted by atomic mass is 35.5. The van der Waals surface area contributed by atoms with Crippen LogP contribution in [0.25, 0.3) is 0 Å². The second-order valence-corrected chi connectivity index (χ2v) is 7.68. The third-order valence-electron chi connectivity index (χ3n) is 5.61. The lowest BCUT2D eigenvalue weighted by Gasteiger charge is -2.43. The predicted molar refractivity (Wildman–Crippen MR) is 110 cm³/mol. The Morgan fingerprint density at radius 2 is 1.35 bits per heavy atom. The first kappa shape index (κ1) is 20.5. The molecule has 26 heavy (non-hydrogen) atoms. The molecule has 1 amide bonds. The van der Waals surface area contributed by atoms with Gasteiger partial charge in [-0.2, -0.15) is 0 Å². The van der Waals surface area contributed by atoms with Gasteiger partial charge in [0, 0.05) is 5.54 Å². The summed E-state index contributed by atoms with van der Waals surface area (Å²) in [6.07, 6.45) is 3.12. The topological polar surface area (TPSA) is 46.3 Å². The molecule has 1 aliphatic heterocycles. The molecule has 0 bridgehead atoms. The van der Waals surface area contributed by atoms with Gasteiger partial charge in [-0.05, 0) is 57.3 Å². The van der Waals surface area contributed by atoms with Crippen LogP contribution in [-0.2, 0) is 10.2 Å². The molecule has 0 unspecified atom stereocenters. The Morgan fingerprint density at radius 3 is 1.73 bits per heavy atom. The SMILES string of the molecule is CC(C)(CC(C(N)=O)(c1ccccc1)c1ccccc1)N1CCCC1.Cl. The molecule has 0 aliphatic carbocycles. The van der Waals surface area contributed by atoms with Crippen LogP contribution in [0.3, 0.4) is 0 Å². The Hall–Kier alpha value is -1.84. The summed E-state index contributed by atoms with van der Waals surface area (Å²) in [5.41, 5.74) is 7.09. The summed E-state index contributed by atoms with van der Waals surface area (Å²) in [6, 6.07) is 20.0. The van der Waals surface area contributed by atoms with Gasteiger partial charge < -0.3 is 5.73 Å². The number of primary amides is 1. The molecule has 1 saturated heterocycles. The molecule has 2 aromatic carbocycles. The summed E-state index contributed by atoms with van der Waals surface area (Å²) in [5.74, 6) is -0.280. The molecular weight excluding hydrogens is 344 g/mol. The van der Waals surface area contributed by atoms with Crippen molar-refractivity contribution in [1.82, 2.24) is 4.90 Å². The standard InChI is InChI=1S/C22H28N2O.ClH/c1-21(2,24-15-9-10-16-24)17-22(20(23)25,18-11-5-3-6-12-18)19-13-7-4-8-14-19;/h3-8,11-14H,9-10,15-17H2,1-2H3,(H2,23,25);1H. The molecule has 4 heteroatoms. The zero-order chi connectivity index (χ0) is 17.9. The van der Waals surface area contributed by atoms with Gasteiger partial charge in [-0.3, -0.25) is 9.69 Å². The number of benzene rings is 2. The molecule has 3 nitrogen and oxygen atoms in total. The quantitative estimate of drug-likeness (QED) is 0.828. The second-order valence-electron chi connectivity index (χ2n) is 7.68. The van der Waals surface area contributed by atoms with Crippen LogP contribution < -0.4 is 5.73 Å². The van der Waals surface area contributed by atoms with E-state index in [4.69, 9.17) is 5.73 Å². The van der Waals surface area contributed by atoms with Crippen molar-refractivity contribution in [2.45, 2.75) is 44.1 Å². The Balaban J connectivity index is 0.00000243. The maximum Gasteiger partial charge on any atom is 0.232 e. The fourth-order valence-electron chi connectivity index (χ4n) is 4.27. The predicted octanol–water partition coefficient (Wildman–Crippen LogP) is 4.14. The largest absolute Gasteiger partial charge is 0.369 e. The van der Waals surface area contributed by atoms with Crippen molar-refractivity contribution in [3.63, 3.8) is 0 Å². The van der Waals surface area contributed by atoms with Gasteiger partial charge >= 0.3 is 0 Å². The van der Waals surface area contributed by atoms with Crippen molar-refractivity contribution in [1.29, 1.82) is 0 Å². The summed E-state index contributed by atoms with van der Waals surface area (Å²) in [5, 5.41) is 0. The van der Waals surface area contributed by atoms with Gasteiger partial charge in [-0.15, -0.1) is 12.4 Å². The van der Waals surface area contributed by atoms with Crippen LogP contribution in [0.4, 0.5) is 0 Å². The molecule has 140 valence electrons. The van der Waals surface area contributed by atoms with E-state index in [1.165, 1.54) is 12.8 Å². The second kappa shape index (κ2) is 8.24. The Labute approximate surface area is 163 Å². The number of nitrogens with two attached hydrogens (primary N) is 1. The molecule has 0 saturated carbocycles. The maximum atomic E-state index is 12.9. The Kier molecular flexibility index (Phi) is 6.48. The number of likely N-dealkylation sites (tertiary alicyclic amines) is 1. The first-order chi connectivity index (χ1) is 12.0. The van der Waals surface area contributed by atoms with Crippen molar-refractivity contribution in [2.75, 3.05) is 13.1 Å². The Morgan fingerprint density at radius 1 is 0.923 bits per heavy atom. The zero-order valence-corrected chi connectivity index (χ0v) is 16.5. The number of rotatable bonds is 6. The molecule has 2 N–H and O–H groups in total. The fraction of sp³-hybridized carbons (Fsp3) is 0.409. The van der Waals surface area contributed by atoms with Crippen LogP contribution in [0.5, 0.6) is 0 Å². The van der Waals surface area contributed by atoms with Gasteiger partial charge in [0.15, 0.2) is 0 Å². The average molecular weight is 373 g/mol. The molecule has 3 rings (SSSR count). The van der Waals surface area contributed by atoms with Crippen molar-refractivity contribution in [3.05, 3.63) is 71.8 Å². The summed E-state index contributed by atoms with van der Waals surface area (Å²) in [4.78, 5) is 15.4. The van der Waals surface area contributed by atoms with E-state index in [2.05, 4.69) is 18.7 Å². The van der Waals surface area contributed by atoms with Gasteiger partial charge in [0.2, 0.25) is 5.91 Å². The van der Waals surface area contributed by atoms with E-state index < -0.39 is 5.41 Å². The highest BCUT2D eigenvalue weighted by Crippen LogP contribution is 2.41. The highest BCUT2D eigenvalue weighted by Gasteiger charge is 2.46. The number of nitrogens with zero attached hydrogens (tertiary/aromatic N) is 1. The number of hydrogen-bond acceptors (Lipinski definition) is 2. The molecule has 0 aromatic heterocycles. The van der Waals surface area contributed by atoms with E-state index in [-0.39, 0.29) is 23.9 Å². The lowest BCUT2D eigenvalue weighted by molar-refractivity contribution is -0.123. The normalized spacial score (nSPS) is 15.5. The summed E-state index contributed by atoms with van der Waals surface area (Å²) in [6.45, 7) is 6.65. The van der Waals surface area contributed by atoms with Crippen LogP contribution in [0.1, 0.15) is 44.2 Å². The molecule has 2 aromatic rings. The molecule has 1 fully saturated rings. The number of halogens is 1. The number of amides is 1. The molecule has 0 radical (unpaired) electrons. The van der Waals surface area contributed by atoms with Crippen LogP contribution in [0, 0.1) is 0 Å². The van der Waals surface area contributed by atoms with E-state index in [1.54, 1.807) is 0 Å². The van der Waals surface area contributed by atoms with Gasteiger partial charge in [-0.1, -0.05) is 60.7 Å². The molecule has 1 heterocycles. The van der Waals surface area contributed by atoms with Gasteiger partial charge in [0.25, 0.3) is 0 Å². The smallest absolute Gasteiger partial charge is 0.232 e. The number of carbonyl (C=O) groups excluding carboxylic acids is 1. The van der Waals surface area contributed by atoms with E-state index in [9.17, 15) is 4.79 Å². The van der Waals surface area contributed by atoms with Crippen molar-refractivity contribution in [3.8, 4) is 0 Å². The molecule has 0 spiro atoms. The van der Waals surface area contributed by atoms with E-state index in [1.807, 2.05) is 60.7 Å². The highest BCUT2D eigenvalue weighted by molar-refractivity contribution is 5.91. The molecule has 1 aliphatic rings. The lowest BCUT2D eigenvalue weighted by Crippen LogP contribution is -2.52. The average Bonchev–Trinajstić information content (AvgIpc) is 3.17. The van der Waals surface area contributed by atoms with Crippen molar-refractivity contribution >= 4 is 18.3 Å². The number of carbonyl (C=O) groups is 1. The summed E-state index contributed by atoms with van der Waals surface area (Å²) in [7, 11) is 0. The maximum absolute atomic E-state index is 12.9. The molecule has 0 atom stereocenters. The van der Waals surface area contributed by atoms with Gasteiger partial charge in [0.1, 0.15) is 5.41 Å². The minimum absolute atomic E-state index is 0. The lowest BCUT2D eigenvalue weighted by atomic mass is 9.66. The van der Waals surface area contributed by atoms with Crippen molar-refractivity contribution in [2.24, 2.45) is 5.73 Å². The number of hydrogen-bond donors (Lipinski definition) is 1. The Bertz CT molecular complexity index is 670. The van der Waals surface area contributed by atoms with Crippen LogP contribution in [-0.4, -0.2) is 29.4 Å². The van der Waals surface area contributed by atoms with Crippen LogP contribution in [0.2, 0.25) is 0 Å². The van der Waals surface area contributed by atoms with Gasteiger partial charge in [0.05, 0.1) is 0 Å². The van der Waals surface area contributed by atoms with E-state index >= 15 is 0 Å². The zero-order valence-electron chi connectivity index (χ0n) is 15.7. The van der Waals surface area contributed by atoms with E-state index in [0.717, 1.165) is 24.2 Å². The van der Waals surface area contributed by atoms with E-state index in [0.29, 0.717) is 6.42 Å². The molecular formula is C22H29ClN2O. The first-order valence-corrected chi connectivity index (χ1v) is 9.13. The summed E-state index contributed by atoms with van der Waals surface area (Å²) >= 11 is 0. The minimum Gasteiger partial charge on any atom is -0.369 e.